The van der Waals surface area contributed by atoms with Crippen LogP contribution in [0.15, 0.2) is 170 Å². The molecule has 0 fully saturated rings. The van der Waals surface area contributed by atoms with Crippen molar-refractivity contribution in [2.24, 2.45) is 0 Å². The number of hydrogen-bond acceptors (Lipinski definition) is 4. The third kappa shape index (κ3) is 5.80. The summed E-state index contributed by atoms with van der Waals surface area (Å²) in [5.41, 5.74) is 3.65. The van der Waals surface area contributed by atoms with Gasteiger partial charge in [-0.15, -0.1) is 0 Å². The van der Waals surface area contributed by atoms with Gasteiger partial charge >= 0.3 is 0 Å². The van der Waals surface area contributed by atoms with Crippen LogP contribution in [0.2, 0.25) is 0 Å². The number of hydrogen-bond donors (Lipinski definition) is 0. The Labute approximate surface area is 288 Å². The van der Waals surface area contributed by atoms with Crippen LogP contribution in [0.5, 0.6) is 0 Å². The van der Waals surface area contributed by atoms with Crippen LogP contribution in [0, 0.1) is 11.6 Å². The molecule has 0 aliphatic heterocycles. The Morgan fingerprint density at radius 1 is 0.380 bits per heavy atom. The summed E-state index contributed by atoms with van der Waals surface area (Å²) in [7, 11) is -3.12. The quantitative estimate of drug-likeness (QED) is 0.158. The molecule has 7 aromatic carbocycles. The van der Waals surface area contributed by atoms with Crippen molar-refractivity contribution in [3.8, 4) is 45.3 Å². The van der Waals surface area contributed by atoms with Gasteiger partial charge in [0.1, 0.15) is 11.6 Å². The zero-order valence-corrected chi connectivity index (χ0v) is 27.5. The molecule has 0 aliphatic carbocycles. The van der Waals surface area contributed by atoms with Crippen LogP contribution >= 0.6 is 7.14 Å². The van der Waals surface area contributed by atoms with Crippen molar-refractivity contribution < 1.29 is 13.3 Å². The van der Waals surface area contributed by atoms with Crippen molar-refractivity contribution in [1.82, 2.24) is 15.0 Å². The van der Waals surface area contributed by atoms with Gasteiger partial charge in [-0.1, -0.05) is 140 Å². The fourth-order valence-corrected chi connectivity index (χ4v) is 8.98. The molecule has 0 radical (unpaired) electrons. The summed E-state index contributed by atoms with van der Waals surface area (Å²) < 4.78 is 43.5. The maximum atomic E-state index is 14.9. The highest BCUT2D eigenvalue weighted by atomic mass is 31.2. The molecule has 8 rings (SSSR count). The first-order valence-corrected chi connectivity index (χ1v) is 17.8. The lowest BCUT2D eigenvalue weighted by Gasteiger charge is -2.20. The Kier molecular flexibility index (Phi) is 8.15. The first-order valence-electron chi connectivity index (χ1n) is 16.1. The highest BCUT2D eigenvalue weighted by molar-refractivity contribution is 7.85. The maximum Gasteiger partial charge on any atom is 0.171 e. The van der Waals surface area contributed by atoms with Crippen LogP contribution in [-0.4, -0.2) is 15.0 Å². The number of rotatable bonds is 7. The lowest BCUT2D eigenvalue weighted by atomic mass is 9.94. The van der Waals surface area contributed by atoms with E-state index in [0.717, 1.165) is 43.4 Å². The largest absolute Gasteiger partial charge is 0.309 e. The topological polar surface area (TPSA) is 55.7 Å². The molecule has 0 spiro atoms. The summed E-state index contributed by atoms with van der Waals surface area (Å²) in [6.07, 6.45) is 0. The highest BCUT2D eigenvalue weighted by Gasteiger charge is 2.29. The van der Waals surface area contributed by atoms with Gasteiger partial charge < -0.3 is 4.57 Å². The Hall–Kier alpha value is -6.10. The summed E-state index contributed by atoms with van der Waals surface area (Å²) in [6, 6.07) is 51.3. The van der Waals surface area contributed by atoms with Crippen molar-refractivity contribution in [3.05, 3.63) is 181 Å². The van der Waals surface area contributed by atoms with Gasteiger partial charge in [0, 0.05) is 32.6 Å². The molecule has 7 heteroatoms. The van der Waals surface area contributed by atoms with Crippen molar-refractivity contribution in [2.45, 2.75) is 0 Å². The minimum atomic E-state index is -3.12. The lowest BCUT2D eigenvalue weighted by Crippen LogP contribution is -2.24. The molecule has 0 saturated heterocycles. The van der Waals surface area contributed by atoms with E-state index in [4.69, 9.17) is 9.97 Å². The smallest absolute Gasteiger partial charge is 0.171 e. The second-order valence-electron chi connectivity index (χ2n) is 11.9. The maximum absolute atomic E-state index is 14.9. The summed E-state index contributed by atoms with van der Waals surface area (Å²) in [4.78, 5) is 14.2. The van der Waals surface area contributed by atoms with Crippen molar-refractivity contribution >= 4 is 33.8 Å². The fraction of sp³-hybridized carbons (Fsp3) is 0. The van der Waals surface area contributed by atoms with Gasteiger partial charge in [0.15, 0.2) is 24.6 Å². The summed E-state index contributed by atoms with van der Waals surface area (Å²) in [5.74, 6) is 0.101. The molecule has 50 heavy (non-hydrogen) atoms. The Bertz CT molecular complexity index is 2440. The second kappa shape index (κ2) is 13.1. The normalized spacial score (nSPS) is 11.5. The first kappa shape index (κ1) is 31.2. The van der Waals surface area contributed by atoms with Gasteiger partial charge in [-0.3, -0.25) is 0 Å². The Balaban J connectivity index is 1.25. The zero-order chi connectivity index (χ0) is 34.1. The van der Waals surface area contributed by atoms with E-state index in [0.29, 0.717) is 17.0 Å². The zero-order valence-electron chi connectivity index (χ0n) is 26.6. The number of fused-ring (bicyclic) bond motifs is 1. The van der Waals surface area contributed by atoms with Gasteiger partial charge in [-0.2, -0.15) is 0 Å². The number of benzene rings is 7. The van der Waals surface area contributed by atoms with Gasteiger partial charge in [0.25, 0.3) is 0 Å². The van der Waals surface area contributed by atoms with E-state index in [1.807, 2.05) is 121 Å². The van der Waals surface area contributed by atoms with Crippen LogP contribution in [0.1, 0.15) is 0 Å². The average molecular weight is 672 g/mol. The van der Waals surface area contributed by atoms with E-state index < -0.39 is 18.8 Å². The van der Waals surface area contributed by atoms with E-state index in [1.165, 1.54) is 24.3 Å². The second-order valence-corrected chi connectivity index (χ2v) is 14.6. The van der Waals surface area contributed by atoms with E-state index in [9.17, 15) is 13.3 Å². The molecule has 8 aromatic rings. The van der Waals surface area contributed by atoms with Crippen LogP contribution in [0.3, 0.4) is 0 Å². The molecule has 0 bridgehead atoms. The lowest BCUT2D eigenvalue weighted by molar-refractivity contribution is 0.592. The molecule has 1 aromatic heterocycles. The summed E-state index contributed by atoms with van der Waals surface area (Å²) in [6.45, 7) is 0. The monoisotopic (exact) mass is 671 g/mol. The van der Waals surface area contributed by atoms with Gasteiger partial charge in [0.05, 0.1) is 0 Å². The Morgan fingerprint density at radius 3 is 1.34 bits per heavy atom. The molecule has 1 heterocycles. The third-order valence-corrected chi connectivity index (χ3v) is 11.8. The van der Waals surface area contributed by atoms with Crippen LogP contribution in [0.25, 0.3) is 56.1 Å². The van der Waals surface area contributed by atoms with Crippen molar-refractivity contribution in [3.63, 3.8) is 0 Å². The van der Waals surface area contributed by atoms with Crippen molar-refractivity contribution in [2.75, 3.05) is 0 Å². The van der Waals surface area contributed by atoms with Gasteiger partial charge in [-0.05, 0) is 52.2 Å². The van der Waals surface area contributed by atoms with Gasteiger partial charge in [-0.25, -0.2) is 23.7 Å². The van der Waals surface area contributed by atoms with E-state index in [2.05, 4.69) is 4.98 Å². The highest BCUT2D eigenvalue weighted by Crippen LogP contribution is 2.43. The first-order chi connectivity index (χ1) is 24.5. The molecule has 240 valence electrons. The minimum Gasteiger partial charge on any atom is -0.309 e. The number of halogens is 2. The van der Waals surface area contributed by atoms with Crippen LogP contribution in [-0.2, 0) is 4.57 Å². The molecule has 0 aliphatic rings. The van der Waals surface area contributed by atoms with Crippen LogP contribution < -0.4 is 15.9 Å². The van der Waals surface area contributed by atoms with E-state index in [1.54, 1.807) is 24.3 Å². The van der Waals surface area contributed by atoms with E-state index in [-0.39, 0.29) is 11.6 Å². The summed E-state index contributed by atoms with van der Waals surface area (Å²) in [5, 5.41) is 4.17. The third-order valence-electron chi connectivity index (χ3n) is 8.75. The minimum absolute atomic E-state index is 0.277. The SMILES string of the molecule is O=P(c1ccccc1)(c1ccccc1)c1ccc(-c2ccc(-c3nc(-c4cccc(F)c4)nc(-c4cccc(F)c4)n3)c3ccccc23)cc1. The number of aromatic nitrogens is 3. The number of nitrogens with zero attached hydrogens (tertiary/aromatic N) is 3. The predicted octanol–water partition coefficient (Wildman–Crippen LogP) is 9.61. The molecule has 0 unspecified atom stereocenters. The van der Waals surface area contributed by atoms with Crippen LogP contribution in [0.4, 0.5) is 8.78 Å². The fourth-order valence-electron chi connectivity index (χ4n) is 6.33. The Morgan fingerprint density at radius 2 is 0.820 bits per heavy atom. The molecular weight excluding hydrogens is 643 g/mol. The standard InChI is InChI=1S/C43H28F2N3OP/c44-32-13-9-11-30(27-32)41-46-42(31-12-10-14-33(45)28-31)48-43(47-41)40-26-25-37(38-19-7-8-20-39(38)40)29-21-23-36(24-22-29)50(49,34-15-3-1-4-16-34)35-17-5-2-6-18-35/h1-28H. The molecule has 0 atom stereocenters. The molecule has 0 N–H and O–H groups in total. The van der Waals surface area contributed by atoms with Gasteiger partial charge in [0.2, 0.25) is 0 Å². The van der Waals surface area contributed by atoms with E-state index >= 15 is 0 Å². The predicted molar refractivity (Wildman–Crippen MR) is 198 cm³/mol. The molecular formula is C43H28F2N3OP. The van der Waals surface area contributed by atoms with Crippen molar-refractivity contribution in [1.29, 1.82) is 0 Å². The summed E-state index contributed by atoms with van der Waals surface area (Å²) >= 11 is 0. The molecule has 0 saturated carbocycles. The average Bonchev–Trinajstić information content (AvgIpc) is 3.18. The molecule has 4 nitrogen and oxygen atoms in total. The molecule has 0 amide bonds.